The summed E-state index contributed by atoms with van der Waals surface area (Å²) in [5, 5.41) is 12.7. The van der Waals surface area contributed by atoms with Crippen LogP contribution in [0.4, 0.5) is 13.2 Å². The largest absolute Gasteiger partial charge is 0.433 e. The van der Waals surface area contributed by atoms with Crippen molar-refractivity contribution < 1.29 is 13.2 Å². The zero-order valence-corrected chi connectivity index (χ0v) is 10.2. The average Bonchev–Trinajstić information content (AvgIpc) is 2.73. The number of halogens is 4. The van der Waals surface area contributed by atoms with Gasteiger partial charge >= 0.3 is 6.18 Å². The number of hydrogen-bond acceptors (Lipinski definition) is 3. The van der Waals surface area contributed by atoms with Crippen LogP contribution in [0.3, 0.4) is 0 Å². The SMILES string of the molecule is N#Cc1ccc(C(F)(F)F)nc1-n1cc(Br)cn1. The lowest BCUT2D eigenvalue weighted by Gasteiger charge is -2.08. The minimum atomic E-state index is -4.56. The molecule has 0 spiro atoms. The Morgan fingerprint density at radius 3 is 2.56 bits per heavy atom. The van der Waals surface area contributed by atoms with E-state index in [1.165, 1.54) is 12.4 Å². The highest BCUT2D eigenvalue weighted by molar-refractivity contribution is 9.10. The molecule has 0 fully saturated rings. The maximum Gasteiger partial charge on any atom is 0.433 e. The lowest BCUT2D eigenvalue weighted by atomic mass is 10.2. The van der Waals surface area contributed by atoms with Crippen molar-refractivity contribution in [2.75, 3.05) is 0 Å². The van der Waals surface area contributed by atoms with E-state index in [9.17, 15) is 13.2 Å². The van der Waals surface area contributed by atoms with Gasteiger partial charge in [-0.2, -0.15) is 23.5 Å². The molecule has 0 saturated heterocycles. The Bertz CT molecular complexity index is 627. The van der Waals surface area contributed by atoms with Crippen LogP contribution in [0.1, 0.15) is 11.3 Å². The molecule has 2 aromatic rings. The molecule has 0 atom stereocenters. The van der Waals surface area contributed by atoms with E-state index < -0.39 is 11.9 Å². The van der Waals surface area contributed by atoms with Crippen molar-refractivity contribution in [3.63, 3.8) is 0 Å². The van der Waals surface area contributed by atoms with Gasteiger partial charge in [-0.15, -0.1) is 0 Å². The van der Waals surface area contributed by atoms with Gasteiger partial charge in [-0.1, -0.05) is 0 Å². The predicted octanol–water partition coefficient (Wildman–Crippen LogP) is 2.92. The molecular formula is C10H4BrF3N4. The Balaban J connectivity index is 2.61. The van der Waals surface area contributed by atoms with E-state index in [0.29, 0.717) is 4.47 Å². The highest BCUT2D eigenvalue weighted by atomic mass is 79.9. The molecule has 18 heavy (non-hydrogen) atoms. The maximum atomic E-state index is 12.5. The summed E-state index contributed by atoms with van der Waals surface area (Å²) in [6, 6.07) is 3.61. The van der Waals surface area contributed by atoms with E-state index in [2.05, 4.69) is 26.0 Å². The van der Waals surface area contributed by atoms with Crippen molar-refractivity contribution in [2.24, 2.45) is 0 Å². The van der Waals surface area contributed by atoms with Crippen LogP contribution in [-0.4, -0.2) is 14.8 Å². The molecule has 0 aromatic carbocycles. The standard InChI is InChI=1S/C10H4BrF3N4/c11-7-4-16-18(5-7)9-6(3-15)1-2-8(17-9)10(12,13)14/h1-2,4-5H. The third-order valence-corrected chi connectivity index (χ3v) is 2.46. The van der Waals surface area contributed by atoms with E-state index in [4.69, 9.17) is 5.26 Å². The van der Waals surface area contributed by atoms with Gasteiger partial charge in [-0.05, 0) is 28.1 Å². The molecule has 8 heteroatoms. The molecule has 0 amide bonds. The number of hydrogen-bond donors (Lipinski definition) is 0. The van der Waals surface area contributed by atoms with Gasteiger partial charge in [0.15, 0.2) is 5.82 Å². The predicted molar refractivity (Wildman–Crippen MR) is 58.8 cm³/mol. The first kappa shape index (κ1) is 12.6. The Morgan fingerprint density at radius 2 is 2.06 bits per heavy atom. The van der Waals surface area contributed by atoms with Gasteiger partial charge in [0.25, 0.3) is 0 Å². The highest BCUT2D eigenvalue weighted by Crippen LogP contribution is 2.29. The van der Waals surface area contributed by atoms with Crippen LogP contribution >= 0.6 is 15.9 Å². The average molecular weight is 317 g/mol. The summed E-state index contributed by atoms with van der Waals surface area (Å²) in [5.41, 5.74) is -1.05. The number of nitrogens with zero attached hydrogens (tertiary/aromatic N) is 4. The second-order valence-corrected chi connectivity index (χ2v) is 4.20. The quantitative estimate of drug-likeness (QED) is 0.812. The monoisotopic (exact) mass is 316 g/mol. The summed E-state index contributed by atoms with van der Waals surface area (Å²) in [4.78, 5) is 3.43. The summed E-state index contributed by atoms with van der Waals surface area (Å²) in [7, 11) is 0. The van der Waals surface area contributed by atoms with Gasteiger partial charge in [0.1, 0.15) is 11.8 Å². The van der Waals surface area contributed by atoms with Gasteiger partial charge in [-0.25, -0.2) is 9.67 Å². The lowest BCUT2D eigenvalue weighted by Crippen LogP contribution is -2.11. The van der Waals surface area contributed by atoms with Gasteiger partial charge in [0.05, 0.1) is 16.2 Å². The van der Waals surface area contributed by atoms with Crippen LogP contribution in [0, 0.1) is 11.3 Å². The molecule has 0 aliphatic rings. The molecule has 4 nitrogen and oxygen atoms in total. The summed E-state index contributed by atoms with van der Waals surface area (Å²) in [6.45, 7) is 0. The van der Waals surface area contributed by atoms with Crippen molar-refractivity contribution in [3.05, 3.63) is 40.3 Å². The first-order valence-electron chi connectivity index (χ1n) is 4.60. The number of pyridine rings is 1. The van der Waals surface area contributed by atoms with Crippen molar-refractivity contribution in [1.82, 2.24) is 14.8 Å². The number of alkyl halides is 3. The van der Waals surface area contributed by atoms with Gasteiger partial charge < -0.3 is 0 Å². The van der Waals surface area contributed by atoms with Crippen molar-refractivity contribution in [1.29, 1.82) is 5.26 Å². The van der Waals surface area contributed by atoms with Crippen molar-refractivity contribution in [2.45, 2.75) is 6.18 Å². The van der Waals surface area contributed by atoms with E-state index in [0.717, 1.165) is 16.8 Å². The lowest BCUT2D eigenvalue weighted by molar-refractivity contribution is -0.141. The Labute approximate surface area is 108 Å². The second kappa shape index (κ2) is 4.42. The molecular weight excluding hydrogens is 313 g/mol. The minimum absolute atomic E-state index is 0.0126. The van der Waals surface area contributed by atoms with Crippen molar-refractivity contribution >= 4 is 15.9 Å². The second-order valence-electron chi connectivity index (χ2n) is 3.28. The minimum Gasteiger partial charge on any atom is -0.223 e. The molecule has 0 N–H and O–H groups in total. The van der Waals surface area contributed by atoms with Crippen LogP contribution in [0.25, 0.3) is 5.82 Å². The molecule has 0 unspecified atom stereocenters. The fourth-order valence-electron chi connectivity index (χ4n) is 1.28. The smallest absolute Gasteiger partial charge is 0.223 e. The van der Waals surface area contributed by atoms with Crippen molar-refractivity contribution in [3.8, 4) is 11.9 Å². The maximum absolute atomic E-state index is 12.5. The molecule has 0 aliphatic heterocycles. The first-order chi connectivity index (χ1) is 8.41. The molecule has 2 heterocycles. The number of aromatic nitrogens is 3. The number of nitriles is 1. The molecule has 92 valence electrons. The summed E-state index contributed by atoms with van der Waals surface area (Å²) in [5.74, 6) is -0.155. The molecule has 0 aliphatic carbocycles. The molecule has 2 aromatic heterocycles. The van der Waals surface area contributed by atoms with Crippen LogP contribution in [-0.2, 0) is 6.18 Å². The van der Waals surface area contributed by atoms with Crippen LogP contribution < -0.4 is 0 Å². The van der Waals surface area contributed by atoms with Crippen LogP contribution in [0.5, 0.6) is 0 Å². The van der Waals surface area contributed by atoms with E-state index in [-0.39, 0.29) is 11.4 Å². The Kier molecular flexibility index (Phi) is 3.09. The van der Waals surface area contributed by atoms with Crippen LogP contribution in [0.2, 0.25) is 0 Å². The summed E-state index contributed by atoms with van der Waals surface area (Å²) in [6.07, 6.45) is -1.75. The Hall–Kier alpha value is -1.88. The normalized spacial score (nSPS) is 11.3. The van der Waals surface area contributed by atoms with E-state index >= 15 is 0 Å². The van der Waals surface area contributed by atoms with Gasteiger partial charge in [0, 0.05) is 6.20 Å². The zero-order chi connectivity index (χ0) is 13.3. The number of rotatable bonds is 1. The fourth-order valence-corrected chi connectivity index (χ4v) is 1.57. The highest BCUT2D eigenvalue weighted by Gasteiger charge is 2.33. The third-order valence-electron chi connectivity index (χ3n) is 2.05. The fraction of sp³-hybridized carbons (Fsp3) is 0.100. The van der Waals surface area contributed by atoms with Crippen LogP contribution in [0.15, 0.2) is 29.0 Å². The van der Waals surface area contributed by atoms with Gasteiger partial charge in [0.2, 0.25) is 0 Å². The Morgan fingerprint density at radius 1 is 1.33 bits per heavy atom. The summed E-state index contributed by atoms with van der Waals surface area (Å²) >= 11 is 3.12. The topological polar surface area (TPSA) is 54.5 Å². The third kappa shape index (κ3) is 2.36. The first-order valence-corrected chi connectivity index (χ1v) is 5.40. The summed E-state index contributed by atoms with van der Waals surface area (Å²) < 4.78 is 39.3. The molecule has 2 rings (SSSR count). The van der Waals surface area contributed by atoms with E-state index in [1.807, 2.05) is 0 Å². The molecule has 0 radical (unpaired) electrons. The zero-order valence-electron chi connectivity index (χ0n) is 8.61. The van der Waals surface area contributed by atoms with E-state index in [1.54, 1.807) is 6.07 Å². The molecule has 0 saturated carbocycles. The molecule has 0 bridgehead atoms. The van der Waals surface area contributed by atoms with Gasteiger partial charge in [-0.3, -0.25) is 0 Å².